The highest BCUT2D eigenvalue weighted by Crippen LogP contribution is 2.47. The molecular formula is C48H48O6P2. The van der Waals surface area contributed by atoms with Gasteiger partial charge in [0.05, 0.1) is 28.4 Å². The van der Waals surface area contributed by atoms with Crippen molar-refractivity contribution in [2.45, 2.75) is 38.2 Å². The lowest BCUT2D eigenvalue weighted by Crippen LogP contribution is -2.44. The summed E-state index contributed by atoms with van der Waals surface area (Å²) in [4.78, 5) is 0. The van der Waals surface area contributed by atoms with Crippen LogP contribution in [0.5, 0.6) is 34.5 Å². The first-order chi connectivity index (χ1) is 27.5. The molecule has 6 aromatic carbocycles. The van der Waals surface area contributed by atoms with Crippen LogP contribution >= 0.6 is 15.8 Å². The molecule has 0 radical (unpaired) electrons. The number of para-hydroxylation sites is 2. The van der Waals surface area contributed by atoms with E-state index in [0.717, 1.165) is 82.3 Å². The Labute approximate surface area is 332 Å². The standard InChI is InChI=1S/C48H48O6P2/c1-50-36-14-22-40(23-15-36)55(41-24-16-37(51-2)17-25-41)44-12-6-8-32(46(44)49)30-33-9-5-10-34-31-35-11-7-13-45(48(35)54-47(33)34)56(42-26-18-38(52-3)19-27-42)43-28-20-39(53-4)21-29-43/h6-8,11-29,33-34,47,49H,5,9-10,30-31H2,1-4H3/t33-,34?,47?/m1/s1. The van der Waals surface area contributed by atoms with E-state index in [2.05, 4.69) is 84.9 Å². The van der Waals surface area contributed by atoms with Crippen LogP contribution in [0.2, 0.25) is 0 Å². The van der Waals surface area contributed by atoms with Crippen LogP contribution in [0.1, 0.15) is 30.4 Å². The highest BCUT2D eigenvalue weighted by Gasteiger charge is 2.40. The molecule has 6 aromatic rings. The molecule has 3 atom stereocenters. The van der Waals surface area contributed by atoms with Gasteiger partial charge in [0.2, 0.25) is 0 Å². The van der Waals surface area contributed by atoms with Gasteiger partial charge in [-0.15, -0.1) is 0 Å². The molecule has 8 heteroatoms. The Kier molecular flexibility index (Phi) is 11.5. The quantitative estimate of drug-likeness (QED) is 0.128. The smallest absolute Gasteiger partial charge is 0.131 e. The summed E-state index contributed by atoms with van der Waals surface area (Å²) in [5.74, 6) is 5.38. The fourth-order valence-corrected chi connectivity index (χ4v) is 13.2. The second kappa shape index (κ2) is 17.0. The topological polar surface area (TPSA) is 66.4 Å². The monoisotopic (exact) mass is 782 g/mol. The van der Waals surface area contributed by atoms with E-state index in [-0.39, 0.29) is 12.0 Å². The lowest BCUT2D eigenvalue weighted by atomic mass is 9.72. The zero-order chi connectivity index (χ0) is 38.6. The van der Waals surface area contributed by atoms with Crippen molar-refractivity contribution < 1.29 is 28.8 Å². The van der Waals surface area contributed by atoms with Crippen molar-refractivity contribution in [1.29, 1.82) is 0 Å². The first kappa shape index (κ1) is 37.9. The number of rotatable bonds is 12. The molecule has 0 saturated heterocycles. The summed E-state index contributed by atoms with van der Waals surface area (Å²) in [5.41, 5.74) is 2.26. The summed E-state index contributed by atoms with van der Waals surface area (Å²) in [6.07, 6.45) is 5.14. The maximum absolute atomic E-state index is 12.2. The van der Waals surface area contributed by atoms with E-state index in [0.29, 0.717) is 11.7 Å². The van der Waals surface area contributed by atoms with Gasteiger partial charge < -0.3 is 28.8 Å². The van der Waals surface area contributed by atoms with Crippen molar-refractivity contribution in [3.63, 3.8) is 0 Å². The second-order valence-electron chi connectivity index (χ2n) is 14.5. The van der Waals surface area contributed by atoms with Crippen LogP contribution < -0.4 is 55.5 Å². The molecule has 0 amide bonds. The fraction of sp³-hybridized carbons (Fsp3) is 0.250. The Hall–Kier alpha value is -5.02. The molecule has 8 rings (SSSR count). The SMILES string of the molecule is COc1ccc(P(c2ccc(OC)cc2)c2cccc(C[C@H]3CCCC4Cc5cccc(P(c6ccc(OC)cc6)c6ccc(OC)cc6)c5OC43)c2O)cc1. The van der Waals surface area contributed by atoms with Crippen LogP contribution in [0.15, 0.2) is 133 Å². The van der Waals surface area contributed by atoms with Gasteiger partial charge in [0.1, 0.15) is 40.6 Å². The first-order valence-electron chi connectivity index (χ1n) is 19.2. The number of phenols is 1. The zero-order valence-electron chi connectivity index (χ0n) is 32.4. The summed E-state index contributed by atoms with van der Waals surface area (Å²) >= 11 is 0. The van der Waals surface area contributed by atoms with Crippen molar-refractivity contribution >= 4 is 47.7 Å². The van der Waals surface area contributed by atoms with Crippen molar-refractivity contribution in [1.82, 2.24) is 0 Å². The molecule has 2 aliphatic rings. The van der Waals surface area contributed by atoms with Crippen LogP contribution in [0, 0.1) is 11.8 Å². The molecule has 1 N–H and O–H groups in total. The molecule has 1 heterocycles. The van der Waals surface area contributed by atoms with Crippen LogP contribution in [0.3, 0.4) is 0 Å². The predicted molar refractivity (Wildman–Crippen MR) is 231 cm³/mol. The Morgan fingerprint density at radius 1 is 0.554 bits per heavy atom. The second-order valence-corrected chi connectivity index (χ2v) is 18.8. The molecule has 1 aliphatic heterocycles. The Bertz CT molecular complexity index is 2140. The molecule has 0 bridgehead atoms. The highest BCUT2D eigenvalue weighted by molar-refractivity contribution is 7.80. The number of hydrogen-bond donors (Lipinski definition) is 1. The number of hydrogen-bond acceptors (Lipinski definition) is 6. The molecule has 1 saturated carbocycles. The number of fused-ring (bicyclic) bond motifs is 2. The molecule has 1 aliphatic carbocycles. The maximum Gasteiger partial charge on any atom is 0.131 e. The zero-order valence-corrected chi connectivity index (χ0v) is 34.1. The summed E-state index contributed by atoms with van der Waals surface area (Å²) < 4.78 is 29.4. The van der Waals surface area contributed by atoms with Crippen molar-refractivity contribution in [3.05, 3.63) is 145 Å². The minimum atomic E-state index is -1.06. The van der Waals surface area contributed by atoms with E-state index in [1.807, 2.05) is 48.5 Å². The van der Waals surface area contributed by atoms with Crippen LogP contribution in [-0.4, -0.2) is 39.6 Å². The average Bonchev–Trinajstić information content (AvgIpc) is 3.25. The third kappa shape index (κ3) is 7.70. The van der Waals surface area contributed by atoms with Gasteiger partial charge in [0.15, 0.2) is 0 Å². The molecule has 6 nitrogen and oxygen atoms in total. The number of ether oxygens (including phenoxy) is 5. The van der Waals surface area contributed by atoms with E-state index < -0.39 is 15.8 Å². The average molecular weight is 783 g/mol. The summed E-state index contributed by atoms with van der Waals surface area (Å²) in [6, 6.07) is 46.4. The first-order valence-corrected chi connectivity index (χ1v) is 21.9. The number of methoxy groups -OCH3 is 4. The molecule has 56 heavy (non-hydrogen) atoms. The van der Waals surface area contributed by atoms with E-state index in [1.165, 1.54) is 21.5 Å². The summed E-state index contributed by atoms with van der Waals surface area (Å²) in [5, 5.41) is 19.1. The van der Waals surface area contributed by atoms with Gasteiger partial charge in [-0.05, 0) is 122 Å². The van der Waals surface area contributed by atoms with Crippen molar-refractivity contribution in [2.75, 3.05) is 28.4 Å². The Morgan fingerprint density at radius 3 is 1.48 bits per heavy atom. The van der Waals surface area contributed by atoms with E-state index in [9.17, 15) is 5.11 Å². The highest BCUT2D eigenvalue weighted by atomic mass is 31.1. The largest absolute Gasteiger partial charge is 0.507 e. The molecule has 0 aromatic heterocycles. The van der Waals surface area contributed by atoms with Crippen LogP contribution in [0.25, 0.3) is 0 Å². The molecule has 2 unspecified atom stereocenters. The van der Waals surface area contributed by atoms with E-state index >= 15 is 0 Å². The molecule has 0 spiro atoms. The molecular weight excluding hydrogens is 734 g/mol. The number of phenolic OH excluding ortho intramolecular Hbond substituents is 1. The van der Waals surface area contributed by atoms with Gasteiger partial charge in [-0.25, -0.2) is 0 Å². The van der Waals surface area contributed by atoms with Gasteiger partial charge >= 0.3 is 0 Å². The number of benzene rings is 6. The lowest BCUT2D eigenvalue weighted by molar-refractivity contribution is 0.0253. The van der Waals surface area contributed by atoms with Gasteiger partial charge in [-0.1, -0.05) is 91.3 Å². The van der Waals surface area contributed by atoms with Crippen molar-refractivity contribution in [3.8, 4) is 34.5 Å². The van der Waals surface area contributed by atoms with Gasteiger partial charge in [-0.3, -0.25) is 0 Å². The minimum Gasteiger partial charge on any atom is -0.507 e. The maximum atomic E-state index is 12.2. The Morgan fingerprint density at radius 2 is 1.00 bits per heavy atom. The third-order valence-electron chi connectivity index (χ3n) is 11.3. The predicted octanol–water partition coefficient (Wildman–Crippen LogP) is 7.91. The van der Waals surface area contributed by atoms with Gasteiger partial charge in [0, 0.05) is 22.4 Å². The molecule has 286 valence electrons. The normalized spacial score (nSPS) is 17.4. The number of aromatic hydroxyl groups is 1. The Balaban J connectivity index is 1.13. The molecule has 1 fully saturated rings. The van der Waals surface area contributed by atoms with Gasteiger partial charge in [0.25, 0.3) is 0 Å². The minimum absolute atomic E-state index is 0.0497. The third-order valence-corrected chi connectivity index (χ3v) is 16.2. The lowest BCUT2D eigenvalue weighted by Gasteiger charge is -2.43. The van der Waals surface area contributed by atoms with E-state index in [1.54, 1.807) is 28.4 Å². The van der Waals surface area contributed by atoms with Crippen molar-refractivity contribution in [2.24, 2.45) is 11.8 Å². The van der Waals surface area contributed by atoms with Crippen LogP contribution in [-0.2, 0) is 12.8 Å². The van der Waals surface area contributed by atoms with Gasteiger partial charge in [-0.2, -0.15) is 0 Å². The summed E-state index contributed by atoms with van der Waals surface area (Å²) in [7, 11) is 4.78. The fourth-order valence-electron chi connectivity index (χ4n) is 8.43. The summed E-state index contributed by atoms with van der Waals surface area (Å²) in [6.45, 7) is 0. The van der Waals surface area contributed by atoms with Crippen LogP contribution in [0.4, 0.5) is 0 Å². The van der Waals surface area contributed by atoms with E-state index in [4.69, 9.17) is 23.7 Å².